The lowest BCUT2D eigenvalue weighted by molar-refractivity contribution is 0.381. The monoisotopic (exact) mass is 637 g/mol. The molecule has 0 atom stereocenters. The smallest absolute Gasteiger partial charge is 0.232 e. The van der Waals surface area contributed by atoms with Gasteiger partial charge in [0.15, 0.2) is 34.9 Å². The molecule has 0 aliphatic carbocycles. The number of rotatable bonds is 3. The number of aryl methyl sites for hydroxylation is 3. The van der Waals surface area contributed by atoms with Crippen LogP contribution in [-0.2, 0) is 0 Å². The number of benzene rings is 3. The van der Waals surface area contributed by atoms with Crippen LogP contribution in [0.15, 0.2) is 12.1 Å². The van der Waals surface area contributed by atoms with E-state index in [0.717, 1.165) is 5.56 Å². The lowest BCUT2D eigenvalue weighted by Crippen LogP contribution is -2.86. The summed E-state index contributed by atoms with van der Waals surface area (Å²) < 4.78 is 153. The molecule has 1 heterocycles. The molecule has 1 saturated heterocycles. The van der Waals surface area contributed by atoms with Crippen LogP contribution in [0, 0.1) is 78.9 Å². The van der Waals surface area contributed by atoms with Crippen LogP contribution in [0.2, 0.25) is 0 Å². The SMILES string of the molecule is Cc1cc(C)c(N2[B-](c3c(F)c(F)c(F)c(F)c3F)(c3c(F)c(F)c(F)c(F)c3F)C[P+]2(C(C)(C)C)C(C)(C)C)c(C)c1. The maximum atomic E-state index is 15.9. The fourth-order valence-electron chi connectivity index (χ4n) is 7.57. The molecule has 0 unspecified atom stereocenters. The molecule has 3 aromatic carbocycles. The Morgan fingerprint density at radius 2 is 0.814 bits per heavy atom. The second-order valence-electron chi connectivity index (χ2n) is 13.3. The topological polar surface area (TPSA) is 3.24 Å². The fourth-order valence-corrected chi connectivity index (χ4v) is 14.8. The first-order valence-corrected chi connectivity index (χ1v) is 15.4. The van der Waals surface area contributed by atoms with Crippen molar-refractivity contribution in [2.24, 2.45) is 0 Å². The minimum atomic E-state index is -4.09. The van der Waals surface area contributed by atoms with Gasteiger partial charge in [-0.1, -0.05) is 28.6 Å². The molecule has 0 radical (unpaired) electrons. The summed E-state index contributed by atoms with van der Waals surface area (Å²) in [5.41, 5.74) is -1.57. The molecule has 1 nitrogen and oxygen atoms in total. The summed E-state index contributed by atoms with van der Waals surface area (Å²) in [5, 5.41) is -1.73. The molecule has 13 heteroatoms. The van der Waals surface area contributed by atoms with Gasteiger partial charge in [-0.15, -0.1) is 0 Å². The highest BCUT2D eigenvalue weighted by atomic mass is 31.2. The highest BCUT2D eigenvalue weighted by Crippen LogP contribution is 2.86. The molecule has 0 amide bonds. The molecule has 234 valence electrons. The number of nitrogens with zero attached hydrogens (tertiary/aromatic N) is 1. The maximum Gasteiger partial charge on any atom is 0.232 e. The zero-order chi connectivity index (χ0) is 32.9. The third-order valence-electron chi connectivity index (χ3n) is 8.84. The molecule has 43 heavy (non-hydrogen) atoms. The predicted octanol–water partition coefficient (Wildman–Crippen LogP) is 8.65. The molecule has 1 fully saturated rings. The largest absolute Gasteiger partial charge is 0.403 e. The first-order chi connectivity index (χ1) is 19.5. The van der Waals surface area contributed by atoms with E-state index >= 15 is 17.6 Å². The van der Waals surface area contributed by atoms with Crippen molar-refractivity contribution in [2.45, 2.75) is 72.6 Å². The summed E-state index contributed by atoms with van der Waals surface area (Å²) in [5.74, 6) is -24.3. The average Bonchev–Trinajstić information content (AvgIpc) is 2.86. The molecular weight excluding hydrogens is 606 g/mol. The van der Waals surface area contributed by atoms with Gasteiger partial charge in [-0.2, -0.15) is 0 Å². The predicted molar refractivity (Wildman–Crippen MR) is 152 cm³/mol. The molecule has 3 aromatic rings. The van der Waals surface area contributed by atoms with Crippen LogP contribution in [0.1, 0.15) is 58.2 Å². The van der Waals surface area contributed by atoms with E-state index in [1.807, 2.05) is 0 Å². The molecule has 1 aliphatic rings. The van der Waals surface area contributed by atoms with Gasteiger partial charge in [0.1, 0.15) is 23.3 Å². The van der Waals surface area contributed by atoms with Crippen molar-refractivity contribution in [3.8, 4) is 0 Å². The van der Waals surface area contributed by atoms with Gasteiger partial charge >= 0.3 is 0 Å². The van der Waals surface area contributed by atoms with Crippen molar-refractivity contribution in [3.05, 3.63) is 87.0 Å². The Morgan fingerprint density at radius 3 is 1.09 bits per heavy atom. The molecule has 0 aromatic heterocycles. The Labute approximate surface area is 244 Å². The van der Waals surface area contributed by atoms with E-state index in [4.69, 9.17) is 0 Å². The van der Waals surface area contributed by atoms with Gasteiger partial charge in [-0.25, -0.2) is 43.9 Å². The third kappa shape index (κ3) is 4.25. The minimum Gasteiger partial charge on any atom is -0.403 e. The van der Waals surface area contributed by atoms with Gasteiger partial charge in [0.25, 0.3) is 0 Å². The Morgan fingerprint density at radius 1 is 0.535 bits per heavy atom. The first kappa shape index (κ1) is 33.2. The molecule has 0 bridgehead atoms. The Bertz CT molecular complexity index is 1510. The molecule has 0 saturated carbocycles. The van der Waals surface area contributed by atoms with Crippen LogP contribution in [0.25, 0.3) is 0 Å². The van der Waals surface area contributed by atoms with Gasteiger partial charge < -0.3 is 4.58 Å². The van der Waals surface area contributed by atoms with E-state index in [1.165, 1.54) is 4.58 Å². The van der Waals surface area contributed by atoms with Gasteiger partial charge in [0.05, 0.1) is 10.3 Å². The van der Waals surface area contributed by atoms with Crippen LogP contribution in [-0.4, -0.2) is 22.7 Å². The second-order valence-corrected chi connectivity index (χ2v) is 18.4. The van der Waals surface area contributed by atoms with Crippen molar-refractivity contribution in [1.82, 2.24) is 0 Å². The van der Waals surface area contributed by atoms with Gasteiger partial charge in [0, 0.05) is 13.1 Å². The van der Waals surface area contributed by atoms with E-state index in [0.29, 0.717) is 11.1 Å². The molecular formula is C30H31BF10NP. The summed E-state index contributed by atoms with van der Waals surface area (Å²) >= 11 is 0. The summed E-state index contributed by atoms with van der Waals surface area (Å²) in [7, 11) is -3.14. The van der Waals surface area contributed by atoms with Crippen molar-refractivity contribution < 1.29 is 43.9 Å². The number of halogens is 10. The van der Waals surface area contributed by atoms with Crippen molar-refractivity contribution in [2.75, 3.05) is 10.6 Å². The summed E-state index contributed by atoms with van der Waals surface area (Å²) in [4.78, 5) is 0. The normalized spacial score (nSPS) is 16.5. The Kier molecular flexibility index (Phi) is 7.82. The zero-order valence-corrected chi connectivity index (χ0v) is 26.0. The van der Waals surface area contributed by atoms with Crippen molar-refractivity contribution >= 4 is 30.3 Å². The number of hydrogen-bond donors (Lipinski definition) is 0. The molecule has 0 spiro atoms. The summed E-state index contributed by atoms with van der Waals surface area (Å²) in [6.45, 7) is 15.5. The average molecular weight is 637 g/mol. The Balaban J connectivity index is 2.42. The maximum absolute atomic E-state index is 15.9. The molecule has 0 N–H and O–H groups in total. The summed E-state index contributed by atoms with van der Waals surface area (Å²) in [6, 6.07) is 2.68. The van der Waals surface area contributed by atoms with Gasteiger partial charge in [-0.3, -0.25) is 0 Å². The third-order valence-corrected chi connectivity index (χ3v) is 15.7. The number of anilines is 1. The van der Waals surface area contributed by atoms with Crippen LogP contribution < -0.4 is 15.5 Å². The van der Waals surface area contributed by atoms with Gasteiger partial charge in [0.2, 0.25) is 6.28 Å². The lowest BCUT2D eigenvalue weighted by Gasteiger charge is -2.75. The second kappa shape index (κ2) is 10.1. The van der Waals surface area contributed by atoms with Crippen molar-refractivity contribution in [3.63, 3.8) is 0 Å². The molecule has 4 rings (SSSR count). The van der Waals surface area contributed by atoms with E-state index in [9.17, 15) is 26.3 Å². The van der Waals surface area contributed by atoms with Crippen LogP contribution >= 0.6 is 7.41 Å². The first-order valence-electron chi connectivity index (χ1n) is 13.5. The number of hydrogen-bond acceptors (Lipinski definition) is 1. The van der Waals surface area contributed by atoms with Crippen LogP contribution in [0.5, 0.6) is 0 Å². The highest BCUT2D eigenvalue weighted by Gasteiger charge is 2.75. The quantitative estimate of drug-likeness (QED) is 0.0914. The Hall–Kier alpha value is -2.75. The minimum absolute atomic E-state index is 0.155. The lowest BCUT2D eigenvalue weighted by atomic mass is 9.27. The fraction of sp³-hybridized carbons (Fsp3) is 0.400. The van der Waals surface area contributed by atoms with E-state index in [-0.39, 0.29) is 5.69 Å². The van der Waals surface area contributed by atoms with E-state index in [1.54, 1.807) is 74.4 Å². The standard InChI is InChI=1S/C30H31BF10NP/c1-13-10-14(2)28(15(3)11-13)42-31(12-43(42,29(4,5)6)30(7,8)9,16-18(32)22(36)26(40)23(37)19(16)33)17-20(34)24(38)27(41)25(39)21(17)35/h10-11H,12H2,1-9H3. The van der Waals surface area contributed by atoms with Crippen LogP contribution in [0.4, 0.5) is 49.6 Å². The van der Waals surface area contributed by atoms with E-state index < -0.39 is 99.2 Å². The van der Waals surface area contributed by atoms with Gasteiger partial charge in [-0.05, 0) is 79.5 Å². The summed E-state index contributed by atoms with van der Waals surface area (Å²) in [6.07, 6.45) is -4.09. The van der Waals surface area contributed by atoms with Crippen LogP contribution in [0.3, 0.4) is 0 Å². The van der Waals surface area contributed by atoms with E-state index in [2.05, 4.69) is 0 Å². The zero-order valence-electron chi connectivity index (χ0n) is 25.1. The molecule has 1 aliphatic heterocycles. The highest BCUT2D eigenvalue weighted by molar-refractivity contribution is 7.90. The van der Waals surface area contributed by atoms with Crippen molar-refractivity contribution in [1.29, 1.82) is 0 Å².